The predicted molar refractivity (Wildman–Crippen MR) is 91.6 cm³/mol. The molecule has 0 N–H and O–H groups in total. The molecule has 0 saturated heterocycles. The molecule has 4 nitrogen and oxygen atoms in total. The van der Waals surface area contributed by atoms with Crippen molar-refractivity contribution in [1.82, 2.24) is 19.4 Å². The van der Waals surface area contributed by atoms with E-state index in [1.807, 2.05) is 37.8 Å². The van der Waals surface area contributed by atoms with Crippen LogP contribution < -0.4 is 0 Å². The van der Waals surface area contributed by atoms with Crippen LogP contribution in [0.3, 0.4) is 0 Å². The fraction of sp³-hybridized carbons (Fsp3) is 0.263. The molecule has 3 aromatic rings. The maximum Gasteiger partial charge on any atom is 0.122 e. The Morgan fingerprint density at radius 1 is 0.957 bits per heavy atom. The Bertz CT molecular complexity index is 749. The van der Waals surface area contributed by atoms with Gasteiger partial charge in [-0.1, -0.05) is 35.9 Å². The molecule has 0 unspecified atom stereocenters. The SMILES string of the molecule is Cc1cccc(CN(Cc2ccccn2)Cc2nccn2C)c1. The number of rotatable bonds is 6. The van der Waals surface area contributed by atoms with Gasteiger partial charge >= 0.3 is 0 Å². The Morgan fingerprint density at radius 2 is 1.87 bits per heavy atom. The Hall–Kier alpha value is -2.46. The van der Waals surface area contributed by atoms with Crippen LogP contribution in [-0.4, -0.2) is 19.4 Å². The Kier molecular flexibility index (Phi) is 4.83. The highest BCUT2D eigenvalue weighted by Crippen LogP contribution is 2.13. The van der Waals surface area contributed by atoms with Crippen LogP contribution in [0.5, 0.6) is 0 Å². The second-order valence-corrected chi connectivity index (χ2v) is 5.91. The number of imidazole rings is 1. The van der Waals surface area contributed by atoms with E-state index >= 15 is 0 Å². The zero-order valence-corrected chi connectivity index (χ0v) is 13.7. The van der Waals surface area contributed by atoms with E-state index in [2.05, 4.69) is 56.7 Å². The summed E-state index contributed by atoms with van der Waals surface area (Å²) in [7, 11) is 2.04. The van der Waals surface area contributed by atoms with Crippen LogP contribution in [-0.2, 0) is 26.7 Å². The summed E-state index contributed by atoms with van der Waals surface area (Å²) in [6.07, 6.45) is 5.68. The summed E-state index contributed by atoms with van der Waals surface area (Å²) >= 11 is 0. The van der Waals surface area contributed by atoms with Gasteiger partial charge in [-0.05, 0) is 24.6 Å². The van der Waals surface area contributed by atoms with Crippen molar-refractivity contribution in [2.24, 2.45) is 7.05 Å². The molecule has 118 valence electrons. The van der Waals surface area contributed by atoms with Gasteiger partial charge in [0.15, 0.2) is 0 Å². The minimum absolute atomic E-state index is 0.800. The van der Waals surface area contributed by atoms with Gasteiger partial charge in [0.1, 0.15) is 5.82 Å². The molecule has 2 aromatic heterocycles. The lowest BCUT2D eigenvalue weighted by Crippen LogP contribution is -2.24. The normalized spacial score (nSPS) is 11.1. The van der Waals surface area contributed by atoms with E-state index in [-0.39, 0.29) is 0 Å². The summed E-state index contributed by atoms with van der Waals surface area (Å²) in [5.74, 6) is 1.06. The van der Waals surface area contributed by atoms with Gasteiger partial charge in [0.2, 0.25) is 0 Å². The third-order valence-corrected chi connectivity index (χ3v) is 3.89. The van der Waals surface area contributed by atoms with Gasteiger partial charge in [0, 0.05) is 38.7 Å². The van der Waals surface area contributed by atoms with Gasteiger partial charge in [0.05, 0.1) is 12.2 Å². The summed E-state index contributed by atoms with van der Waals surface area (Å²) < 4.78 is 2.07. The molecular weight excluding hydrogens is 284 g/mol. The van der Waals surface area contributed by atoms with Crippen molar-refractivity contribution in [2.75, 3.05) is 0 Å². The monoisotopic (exact) mass is 306 g/mol. The number of benzene rings is 1. The molecule has 3 rings (SSSR count). The van der Waals surface area contributed by atoms with E-state index in [4.69, 9.17) is 0 Å². The first-order valence-corrected chi connectivity index (χ1v) is 7.85. The fourth-order valence-corrected chi connectivity index (χ4v) is 2.71. The van der Waals surface area contributed by atoms with E-state index < -0.39 is 0 Å². The molecule has 0 spiro atoms. The summed E-state index contributed by atoms with van der Waals surface area (Å²) in [6, 6.07) is 14.7. The molecule has 0 amide bonds. The number of aryl methyl sites for hydroxylation is 2. The Labute approximate surface area is 137 Å². The van der Waals surface area contributed by atoms with Crippen LogP contribution in [0.2, 0.25) is 0 Å². The molecule has 0 aliphatic carbocycles. The van der Waals surface area contributed by atoms with Gasteiger partial charge < -0.3 is 4.57 Å². The number of aromatic nitrogens is 3. The predicted octanol–water partition coefficient (Wildman–Crippen LogP) is 3.33. The quantitative estimate of drug-likeness (QED) is 0.700. The van der Waals surface area contributed by atoms with Crippen LogP contribution in [0, 0.1) is 6.92 Å². The van der Waals surface area contributed by atoms with Crippen LogP contribution in [0.1, 0.15) is 22.6 Å². The zero-order valence-electron chi connectivity index (χ0n) is 13.7. The van der Waals surface area contributed by atoms with Crippen molar-refractivity contribution in [3.05, 3.63) is 83.7 Å². The summed E-state index contributed by atoms with van der Waals surface area (Å²) in [6.45, 7) is 4.62. The van der Waals surface area contributed by atoms with E-state index in [0.717, 1.165) is 31.2 Å². The standard InChI is InChI=1S/C19H22N4/c1-16-6-5-7-17(12-16)13-23(14-18-8-3-4-9-20-18)15-19-21-10-11-22(19)2/h3-12H,13-15H2,1-2H3. The molecular formula is C19H22N4. The van der Waals surface area contributed by atoms with Crippen LogP contribution in [0.4, 0.5) is 0 Å². The smallest absolute Gasteiger partial charge is 0.122 e. The fourth-order valence-electron chi connectivity index (χ4n) is 2.71. The Balaban J connectivity index is 1.79. The van der Waals surface area contributed by atoms with Gasteiger partial charge in [0.25, 0.3) is 0 Å². The molecule has 0 fully saturated rings. The molecule has 4 heteroatoms. The van der Waals surface area contributed by atoms with E-state index in [0.29, 0.717) is 0 Å². The maximum atomic E-state index is 4.46. The van der Waals surface area contributed by atoms with Gasteiger partial charge in [-0.2, -0.15) is 0 Å². The molecule has 23 heavy (non-hydrogen) atoms. The number of pyridine rings is 1. The first kappa shape index (κ1) is 15.4. The van der Waals surface area contributed by atoms with Crippen molar-refractivity contribution in [3.8, 4) is 0 Å². The lowest BCUT2D eigenvalue weighted by atomic mass is 10.1. The van der Waals surface area contributed by atoms with Crippen molar-refractivity contribution in [2.45, 2.75) is 26.6 Å². The second kappa shape index (κ2) is 7.20. The molecule has 0 radical (unpaired) electrons. The van der Waals surface area contributed by atoms with E-state index in [9.17, 15) is 0 Å². The largest absolute Gasteiger partial charge is 0.337 e. The van der Waals surface area contributed by atoms with Crippen molar-refractivity contribution < 1.29 is 0 Å². The van der Waals surface area contributed by atoms with Crippen LogP contribution >= 0.6 is 0 Å². The molecule has 0 bridgehead atoms. The molecule has 0 atom stereocenters. The first-order chi connectivity index (χ1) is 11.2. The molecule has 1 aromatic carbocycles. The molecule has 0 aliphatic rings. The molecule has 2 heterocycles. The maximum absolute atomic E-state index is 4.46. The van der Waals surface area contributed by atoms with Gasteiger partial charge in [-0.3, -0.25) is 9.88 Å². The van der Waals surface area contributed by atoms with Gasteiger partial charge in [-0.25, -0.2) is 4.98 Å². The lowest BCUT2D eigenvalue weighted by Gasteiger charge is -2.22. The topological polar surface area (TPSA) is 34.0 Å². The van der Waals surface area contributed by atoms with Crippen molar-refractivity contribution >= 4 is 0 Å². The number of nitrogens with zero attached hydrogens (tertiary/aromatic N) is 4. The summed E-state index contributed by atoms with van der Waals surface area (Å²) in [4.78, 5) is 11.3. The highest BCUT2D eigenvalue weighted by Gasteiger charge is 2.11. The number of hydrogen-bond donors (Lipinski definition) is 0. The third kappa shape index (κ3) is 4.27. The molecule has 0 aliphatic heterocycles. The first-order valence-electron chi connectivity index (χ1n) is 7.85. The van der Waals surface area contributed by atoms with Crippen LogP contribution in [0.15, 0.2) is 61.1 Å². The minimum atomic E-state index is 0.800. The number of hydrogen-bond acceptors (Lipinski definition) is 3. The van der Waals surface area contributed by atoms with Gasteiger partial charge in [-0.15, -0.1) is 0 Å². The third-order valence-electron chi connectivity index (χ3n) is 3.89. The van der Waals surface area contributed by atoms with E-state index in [1.54, 1.807) is 0 Å². The second-order valence-electron chi connectivity index (χ2n) is 5.91. The molecule has 0 saturated carbocycles. The zero-order chi connectivity index (χ0) is 16.1. The summed E-state index contributed by atoms with van der Waals surface area (Å²) in [5.41, 5.74) is 3.68. The Morgan fingerprint density at radius 3 is 2.57 bits per heavy atom. The van der Waals surface area contributed by atoms with E-state index in [1.165, 1.54) is 11.1 Å². The highest BCUT2D eigenvalue weighted by molar-refractivity contribution is 5.22. The minimum Gasteiger partial charge on any atom is -0.337 e. The average Bonchev–Trinajstić information content (AvgIpc) is 2.93. The summed E-state index contributed by atoms with van der Waals surface area (Å²) in [5, 5.41) is 0. The van der Waals surface area contributed by atoms with Crippen molar-refractivity contribution in [3.63, 3.8) is 0 Å². The lowest BCUT2D eigenvalue weighted by molar-refractivity contribution is 0.236. The van der Waals surface area contributed by atoms with Crippen molar-refractivity contribution in [1.29, 1.82) is 0 Å². The average molecular weight is 306 g/mol. The highest BCUT2D eigenvalue weighted by atomic mass is 15.2. The van der Waals surface area contributed by atoms with Crippen LogP contribution in [0.25, 0.3) is 0 Å².